The van der Waals surface area contributed by atoms with Gasteiger partial charge in [-0.05, 0) is 37.3 Å². The zero-order valence-electron chi connectivity index (χ0n) is 14.5. The molecular formula is C20H16BrNO4. The molecule has 1 heterocycles. The lowest BCUT2D eigenvalue weighted by Gasteiger charge is -2.12. The van der Waals surface area contributed by atoms with E-state index in [0.717, 1.165) is 9.37 Å². The van der Waals surface area contributed by atoms with Crippen LogP contribution in [0.1, 0.15) is 35.3 Å². The topological polar surface area (TPSA) is 63.7 Å². The van der Waals surface area contributed by atoms with E-state index in [1.807, 2.05) is 24.3 Å². The van der Waals surface area contributed by atoms with Gasteiger partial charge in [0.2, 0.25) is 5.91 Å². The molecule has 0 radical (unpaired) electrons. The molecule has 0 spiro atoms. The summed E-state index contributed by atoms with van der Waals surface area (Å²) >= 11 is 3.38. The highest BCUT2D eigenvalue weighted by molar-refractivity contribution is 9.10. The van der Waals surface area contributed by atoms with Crippen LogP contribution in [0, 0.1) is 0 Å². The Bertz CT molecular complexity index is 960. The number of imide groups is 1. The quantitative estimate of drug-likeness (QED) is 0.432. The van der Waals surface area contributed by atoms with E-state index < -0.39 is 11.8 Å². The Morgan fingerprint density at radius 3 is 2.15 bits per heavy atom. The molecule has 0 bridgehead atoms. The second-order valence-electron chi connectivity index (χ2n) is 5.86. The van der Waals surface area contributed by atoms with Gasteiger partial charge < -0.3 is 4.74 Å². The van der Waals surface area contributed by atoms with E-state index >= 15 is 0 Å². The second-order valence-corrected chi connectivity index (χ2v) is 6.78. The van der Waals surface area contributed by atoms with Crippen molar-refractivity contribution in [2.45, 2.75) is 13.8 Å². The normalized spacial score (nSPS) is 14.9. The monoisotopic (exact) mass is 413 g/mol. The first-order valence-corrected chi connectivity index (χ1v) is 8.69. The van der Waals surface area contributed by atoms with Crippen molar-refractivity contribution in [1.29, 1.82) is 0 Å². The lowest BCUT2D eigenvalue weighted by Crippen LogP contribution is -2.31. The molecule has 0 aliphatic carbocycles. The predicted octanol–water partition coefficient (Wildman–Crippen LogP) is 4.06. The molecule has 26 heavy (non-hydrogen) atoms. The third kappa shape index (κ3) is 2.97. The maximum atomic E-state index is 13.0. The predicted molar refractivity (Wildman–Crippen MR) is 103 cm³/mol. The zero-order valence-corrected chi connectivity index (χ0v) is 16.1. The average Bonchev–Trinajstić information content (AvgIpc) is 2.89. The summed E-state index contributed by atoms with van der Waals surface area (Å²) in [5.74, 6) is -0.627. The van der Waals surface area contributed by atoms with Crippen LogP contribution in [0.5, 0.6) is 0 Å². The van der Waals surface area contributed by atoms with Gasteiger partial charge in [-0.15, -0.1) is 0 Å². The number of benzene rings is 2. The SMILES string of the molecule is COC(=C1C(=O)N(C(C)=O)c2ccc(C(C)=O)cc21)c1ccc(Br)cc1. The smallest absolute Gasteiger partial charge is 0.269 e. The fraction of sp³-hybridized carbons (Fsp3) is 0.150. The number of carbonyl (C=O) groups is 3. The molecule has 5 nitrogen and oxygen atoms in total. The molecule has 1 aliphatic rings. The van der Waals surface area contributed by atoms with Crippen LogP contribution in [0.25, 0.3) is 11.3 Å². The second kappa shape index (κ2) is 6.88. The molecule has 2 aromatic carbocycles. The van der Waals surface area contributed by atoms with Crippen LogP contribution in [0.15, 0.2) is 46.9 Å². The van der Waals surface area contributed by atoms with E-state index in [4.69, 9.17) is 4.74 Å². The van der Waals surface area contributed by atoms with Crippen molar-refractivity contribution in [3.8, 4) is 0 Å². The van der Waals surface area contributed by atoms with E-state index in [9.17, 15) is 14.4 Å². The highest BCUT2D eigenvalue weighted by atomic mass is 79.9. The molecule has 132 valence electrons. The number of carbonyl (C=O) groups excluding carboxylic acids is 3. The summed E-state index contributed by atoms with van der Waals surface area (Å²) in [6.07, 6.45) is 0. The van der Waals surface area contributed by atoms with E-state index in [1.54, 1.807) is 18.2 Å². The Balaban J connectivity index is 2.31. The summed E-state index contributed by atoms with van der Waals surface area (Å²) < 4.78 is 6.43. The van der Waals surface area contributed by atoms with Gasteiger partial charge in [0.25, 0.3) is 5.91 Å². The third-order valence-electron chi connectivity index (χ3n) is 4.18. The van der Waals surface area contributed by atoms with Gasteiger partial charge >= 0.3 is 0 Å². The number of halogens is 1. The summed E-state index contributed by atoms with van der Waals surface area (Å²) in [7, 11) is 1.47. The summed E-state index contributed by atoms with van der Waals surface area (Å²) in [5.41, 5.74) is 2.39. The molecule has 2 amide bonds. The first-order chi connectivity index (χ1) is 12.3. The third-order valence-corrected chi connectivity index (χ3v) is 4.71. The molecule has 6 heteroatoms. The van der Waals surface area contributed by atoms with Crippen LogP contribution in [-0.4, -0.2) is 24.7 Å². The van der Waals surface area contributed by atoms with E-state index in [-0.39, 0.29) is 11.4 Å². The molecule has 0 saturated carbocycles. The van der Waals surface area contributed by atoms with Crippen molar-refractivity contribution in [3.05, 3.63) is 63.6 Å². The van der Waals surface area contributed by atoms with Crippen LogP contribution in [0.2, 0.25) is 0 Å². The Hall–Kier alpha value is -2.73. The number of hydrogen-bond acceptors (Lipinski definition) is 4. The lowest BCUT2D eigenvalue weighted by molar-refractivity contribution is -0.122. The van der Waals surface area contributed by atoms with E-state index in [0.29, 0.717) is 28.1 Å². The van der Waals surface area contributed by atoms with Gasteiger partial charge in [0, 0.05) is 28.1 Å². The van der Waals surface area contributed by atoms with E-state index in [1.165, 1.54) is 21.0 Å². The summed E-state index contributed by atoms with van der Waals surface area (Å²) in [6, 6.07) is 12.2. The van der Waals surface area contributed by atoms with Crippen molar-refractivity contribution >= 4 is 50.5 Å². The van der Waals surface area contributed by atoms with Crippen LogP contribution in [-0.2, 0) is 14.3 Å². The molecule has 2 aromatic rings. The summed E-state index contributed by atoms with van der Waals surface area (Å²) in [5, 5.41) is 0. The van der Waals surface area contributed by atoms with Gasteiger partial charge in [-0.2, -0.15) is 0 Å². The number of fused-ring (bicyclic) bond motifs is 1. The summed E-state index contributed by atoms with van der Waals surface area (Å²) in [4.78, 5) is 37.9. The zero-order chi connectivity index (χ0) is 19.0. The number of Topliss-reactive ketones (excluding diaryl/α,β-unsaturated/α-hetero) is 1. The minimum absolute atomic E-state index is 0.122. The standard InChI is InChI=1S/C20H16BrNO4/c1-11(23)14-6-9-17-16(10-14)18(20(25)22(17)12(2)24)19(26-3)13-4-7-15(21)8-5-13/h4-10H,1-3H3. The van der Waals surface area contributed by atoms with Crippen molar-refractivity contribution in [3.63, 3.8) is 0 Å². The van der Waals surface area contributed by atoms with Gasteiger partial charge in [-0.3, -0.25) is 14.4 Å². The van der Waals surface area contributed by atoms with Crippen molar-refractivity contribution < 1.29 is 19.1 Å². The van der Waals surface area contributed by atoms with E-state index in [2.05, 4.69) is 15.9 Å². The molecule has 0 N–H and O–H groups in total. The summed E-state index contributed by atoms with van der Waals surface area (Å²) in [6.45, 7) is 2.78. The fourth-order valence-corrected chi connectivity index (χ4v) is 3.25. The van der Waals surface area contributed by atoms with Crippen LogP contribution < -0.4 is 4.90 Å². The molecule has 1 aliphatic heterocycles. The van der Waals surface area contributed by atoms with Crippen LogP contribution in [0.4, 0.5) is 5.69 Å². The molecular weight excluding hydrogens is 398 g/mol. The Morgan fingerprint density at radius 2 is 1.62 bits per heavy atom. The maximum Gasteiger partial charge on any atom is 0.269 e. The van der Waals surface area contributed by atoms with Gasteiger partial charge in [0.1, 0.15) is 5.76 Å². The van der Waals surface area contributed by atoms with Crippen LogP contribution >= 0.6 is 15.9 Å². The van der Waals surface area contributed by atoms with Crippen molar-refractivity contribution in [2.24, 2.45) is 0 Å². The molecule has 3 rings (SSSR count). The number of ether oxygens (including phenoxy) is 1. The Labute approximate surface area is 159 Å². The average molecular weight is 414 g/mol. The molecule has 0 aromatic heterocycles. The number of amides is 2. The minimum atomic E-state index is -0.465. The Morgan fingerprint density at radius 1 is 1.00 bits per heavy atom. The lowest BCUT2D eigenvalue weighted by atomic mass is 9.99. The highest BCUT2D eigenvalue weighted by Gasteiger charge is 2.38. The molecule has 0 saturated heterocycles. The number of methoxy groups -OCH3 is 1. The first-order valence-electron chi connectivity index (χ1n) is 7.89. The van der Waals surface area contributed by atoms with Crippen LogP contribution in [0.3, 0.4) is 0 Å². The number of nitrogens with zero attached hydrogens (tertiary/aromatic N) is 1. The van der Waals surface area contributed by atoms with Crippen molar-refractivity contribution in [1.82, 2.24) is 0 Å². The number of rotatable bonds is 3. The fourth-order valence-electron chi connectivity index (χ4n) is 2.98. The largest absolute Gasteiger partial charge is 0.495 e. The number of hydrogen-bond donors (Lipinski definition) is 0. The maximum absolute atomic E-state index is 13.0. The highest BCUT2D eigenvalue weighted by Crippen LogP contribution is 2.41. The first kappa shape index (κ1) is 18.1. The van der Waals surface area contributed by atoms with Gasteiger partial charge in [0.15, 0.2) is 5.78 Å². The number of ketones is 1. The van der Waals surface area contributed by atoms with Crippen molar-refractivity contribution in [2.75, 3.05) is 12.0 Å². The van der Waals surface area contributed by atoms with Gasteiger partial charge in [-0.1, -0.05) is 28.1 Å². The molecule has 0 unspecified atom stereocenters. The van der Waals surface area contributed by atoms with Gasteiger partial charge in [0.05, 0.1) is 18.4 Å². The number of anilines is 1. The Kier molecular flexibility index (Phi) is 4.78. The minimum Gasteiger partial charge on any atom is -0.495 e. The molecule has 0 atom stereocenters. The van der Waals surface area contributed by atoms with Gasteiger partial charge in [-0.25, -0.2) is 4.90 Å². The molecule has 0 fully saturated rings.